The normalized spacial score (nSPS) is 11.1. The van der Waals surface area contributed by atoms with E-state index in [-0.39, 0.29) is 10.8 Å². The van der Waals surface area contributed by atoms with Gasteiger partial charge in [0.2, 0.25) is 0 Å². The van der Waals surface area contributed by atoms with E-state index in [9.17, 15) is 8.78 Å². The molecule has 4 rings (SSSR count). The van der Waals surface area contributed by atoms with Crippen molar-refractivity contribution in [2.45, 2.75) is 17.3 Å². The average Bonchev–Trinajstić information content (AvgIpc) is 3.14. The van der Waals surface area contributed by atoms with Gasteiger partial charge in [0, 0.05) is 17.9 Å². The molecule has 31 heavy (non-hydrogen) atoms. The highest BCUT2D eigenvalue weighted by Gasteiger charge is 2.16. The van der Waals surface area contributed by atoms with Crippen molar-refractivity contribution in [3.05, 3.63) is 104 Å². The third-order valence-electron chi connectivity index (χ3n) is 4.48. The van der Waals surface area contributed by atoms with Gasteiger partial charge < -0.3 is 0 Å². The highest BCUT2D eigenvalue weighted by atomic mass is 35.5. The van der Waals surface area contributed by atoms with Crippen molar-refractivity contribution in [3.63, 3.8) is 0 Å². The first-order valence-electron chi connectivity index (χ1n) is 9.11. The molecule has 0 aliphatic heterocycles. The largest absolute Gasteiger partial charge is 0.274 e. The summed E-state index contributed by atoms with van der Waals surface area (Å²) in [6.45, 7) is 0. The maximum absolute atomic E-state index is 13.8. The van der Waals surface area contributed by atoms with Gasteiger partial charge in [-0.2, -0.15) is 0 Å². The van der Waals surface area contributed by atoms with Crippen LogP contribution in [0.3, 0.4) is 0 Å². The molecule has 0 fully saturated rings. The Labute approximate surface area is 197 Å². The lowest BCUT2D eigenvalue weighted by atomic mass is 10.1. The van der Waals surface area contributed by atoms with Crippen LogP contribution in [0.25, 0.3) is 5.69 Å². The fourth-order valence-electron chi connectivity index (χ4n) is 2.97. The number of hydrogen-bond donors (Lipinski definition) is 0. The molecule has 158 valence electrons. The predicted molar refractivity (Wildman–Crippen MR) is 122 cm³/mol. The fourth-order valence-corrected chi connectivity index (χ4v) is 4.32. The van der Waals surface area contributed by atoms with Crippen molar-refractivity contribution in [2.75, 3.05) is 0 Å². The van der Waals surface area contributed by atoms with Gasteiger partial charge in [-0.1, -0.05) is 58.7 Å². The Bertz CT molecular complexity index is 1230. The Morgan fingerprint density at radius 1 is 0.774 bits per heavy atom. The van der Waals surface area contributed by atoms with Crippen LogP contribution >= 0.6 is 46.6 Å². The van der Waals surface area contributed by atoms with Gasteiger partial charge in [0.25, 0.3) is 0 Å². The lowest BCUT2D eigenvalue weighted by molar-refractivity contribution is 0.626. The fraction of sp³-hybridized carbons (Fsp3) is 0.0909. The third-order valence-corrected chi connectivity index (χ3v) is 6.53. The van der Waals surface area contributed by atoms with Crippen molar-refractivity contribution < 1.29 is 8.78 Å². The summed E-state index contributed by atoms with van der Waals surface area (Å²) in [6, 6.07) is 16.1. The molecule has 1 heterocycles. The second-order valence-electron chi connectivity index (χ2n) is 6.67. The zero-order valence-corrected chi connectivity index (χ0v) is 18.9. The molecule has 3 nitrogen and oxygen atoms in total. The van der Waals surface area contributed by atoms with Crippen molar-refractivity contribution in [3.8, 4) is 5.69 Å². The molecule has 0 saturated heterocycles. The van der Waals surface area contributed by atoms with Crippen LogP contribution in [0, 0.1) is 11.6 Å². The monoisotopic (exact) mass is 495 g/mol. The molecule has 0 N–H and O–H groups in total. The summed E-state index contributed by atoms with van der Waals surface area (Å²) < 4.78 is 29.1. The van der Waals surface area contributed by atoms with Gasteiger partial charge in [0.05, 0.1) is 15.1 Å². The smallest absolute Gasteiger partial charge is 0.196 e. The van der Waals surface area contributed by atoms with Gasteiger partial charge in [0.1, 0.15) is 17.5 Å². The van der Waals surface area contributed by atoms with Crippen molar-refractivity contribution in [2.24, 2.45) is 0 Å². The molecule has 0 atom stereocenters. The van der Waals surface area contributed by atoms with E-state index in [1.165, 1.54) is 36.0 Å². The van der Waals surface area contributed by atoms with Crippen molar-refractivity contribution in [1.82, 2.24) is 14.8 Å². The Hall–Kier alpha value is -2.12. The Kier molecular flexibility index (Phi) is 6.82. The summed E-state index contributed by atoms with van der Waals surface area (Å²) >= 11 is 19.3. The van der Waals surface area contributed by atoms with E-state index >= 15 is 0 Å². The topological polar surface area (TPSA) is 30.7 Å². The van der Waals surface area contributed by atoms with E-state index in [0.29, 0.717) is 38.9 Å². The Morgan fingerprint density at radius 3 is 2.19 bits per heavy atom. The zero-order valence-electron chi connectivity index (χ0n) is 15.8. The van der Waals surface area contributed by atoms with Crippen LogP contribution in [0.1, 0.15) is 17.0 Å². The van der Waals surface area contributed by atoms with Crippen LogP contribution < -0.4 is 0 Å². The Balaban J connectivity index is 1.66. The quantitative estimate of drug-likeness (QED) is 0.261. The van der Waals surface area contributed by atoms with Crippen LogP contribution in [0.2, 0.25) is 15.1 Å². The van der Waals surface area contributed by atoms with Gasteiger partial charge in [0.15, 0.2) is 5.16 Å². The molecule has 3 aromatic carbocycles. The number of rotatable bonds is 6. The molecule has 0 saturated carbocycles. The van der Waals surface area contributed by atoms with E-state index in [1.54, 1.807) is 30.3 Å². The number of hydrogen-bond acceptors (Lipinski definition) is 3. The average molecular weight is 497 g/mol. The highest BCUT2D eigenvalue weighted by molar-refractivity contribution is 7.98. The van der Waals surface area contributed by atoms with Crippen LogP contribution in [0.4, 0.5) is 8.78 Å². The molecule has 0 spiro atoms. The predicted octanol–water partition coefficient (Wildman–Crippen LogP) is 7.39. The molecule has 0 radical (unpaired) electrons. The summed E-state index contributed by atoms with van der Waals surface area (Å²) in [5, 5.41) is 10.2. The second-order valence-corrected chi connectivity index (χ2v) is 8.84. The molecule has 0 aliphatic rings. The molecule has 0 aliphatic carbocycles. The summed E-state index contributed by atoms with van der Waals surface area (Å²) in [5.41, 5.74) is 2.37. The summed E-state index contributed by atoms with van der Waals surface area (Å²) in [7, 11) is 0. The summed E-state index contributed by atoms with van der Waals surface area (Å²) in [5.74, 6) is 0.295. The molecule has 0 amide bonds. The molecule has 9 heteroatoms. The van der Waals surface area contributed by atoms with Crippen LogP contribution in [-0.4, -0.2) is 14.8 Å². The van der Waals surface area contributed by atoms with E-state index in [0.717, 1.165) is 11.1 Å². The van der Waals surface area contributed by atoms with Gasteiger partial charge >= 0.3 is 0 Å². The Morgan fingerprint density at radius 2 is 1.48 bits per heavy atom. The third kappa shape index (κ3) is 5.21. The zero-order chi connectivity index (χ0) is 22.0. The number of thioether (sulfide) groups is 1. The lowest BCUT2D eigenvalue weighted by Crippen LogP contribution is -2.04. The van der Waals surface area contributed by atoms with E-state index in [4.69, 9.17) is 34.8 Å². The van der Waals surface area contributed by atoms with Crippen LogP contribution in [0.5, 0.6) is 0 Å². The number of aromatic nitrogens is 3. The first-order chi connectivity index (χ1) is 14.9. The number of nitrogens with zero attached hydrogens (tertiary/aromatic N) is 3. The lowest BCUT2D eigenvalue weighted by Gasteiger charge is -2.11. The number of benzene rings is 3. The highest BCUT2D eigenvalue weighted by Crippen LogP contribution is 2.29. The van der Waals surface area contributed by atoms with Crippen molar-refractivity contribution >= 4 is 46.6 Å². The molecule has 0 bridgehead atoms. The van der Waals surface area contributed by atoms with Crippen LogP contribution in [-0.2, 0) is 12.2 Å². The molecule has 4 aromatic rings. The minimum absolute atomic E-state index is 0.0761. The molecular weight excluding hydrogens is 483 g/mol. The van der Waals surface area contributed by atoms with E-state index in [2.05, 4.69) is 10.2 Å². The summed E-state index contributed by atoms with van der Waals surface area (Å²) in [4.78, 5) is 0. The maximum Gasteiger partial charge on any atom is 0.196 e. The van der Waals surface area contributed by atoms with Gasteiger partial charge in [-0.15, -0.1) is 10.2 Å². The van der Waals surface area contributed by atoms with E-state index < -0.39 is 5.82 Å². The van der Waals surface area contributed by atoms with E-state index in [1.807, 2.05) is 10.6 Å². The maximum atomic E-state index is 13.8. The van der Waals surface area contributed by atoms with Gasteiger partial charge in [-0.05, 0) is 59.7 Å². The minimum atomic E-state index is -0.472. The minimum Gasteiger partial charge on any atom is -0.274 e. The van der Waals surface area contributed by atoms with Gasteiger partial charge in [-0.25, -0.2) is 8.78 Å². The van der Waals surface area contributed by atoms with Gasteiger partial charge in [-0.3, -0.25) is 4.57 Å². The number of halogens is 5. The standard InChI is InChI=1S/C22H14Cl3F2N3S/c23-17-7-1-13(9-19(17)25)11-21-28-29-22(30(21)16-5-3-15(26)4-6-16)31-12-14-2-8-18(24)20(27)10-14/h1-10H,11-12H2. The SMILES string of the molecule is Fc1ccc(-n2c(Cc3ccc(Cl)c(Cl)c3)nnc2SCc2ccc(Cl)c(F)c2)cc1. The van der Waals surface area contributed by atoms with Crippen LogP contribution in [0.15, 0.2) is 65.8 Å². The molecule has 1 aromatic heterocycles. The van der Waals surface area contributed by atoms with Crippen molar-refractivity contribution in [1.29, 1.82) is 0 Å². The second kappa shape index (κ2) is 9.57. The molecular formula is C22H14Cl3F2N3S. The summed E-state index contributed by atoms with van der Waals surface area (Å²) in [6.07, 6.45) is 0.442. The first-order valence-corrected chi connectivity index (χ1v) is 11.2. The molecule has 0 unspecified atom stereocenters. The first kappa shape index (κ1) is 22.1.